The zero-order valence-electron chi connectivity index (χ0n) is 21.4. The highest BCUT2D eigenvalue weighted by Gasteiger charge is 2.38. The molecule has 1 aromatic carbocycles. The highest BCUT2D eigenvalue weighted by molar-refractivity contribution is 5.83. The molecule has 4 aromatic rings. The average Bonchev–Trinajstić information content (AvgIpc) is 2.89. The third-order valence-corrected chi connectivity index (χ3v) is 6.99. The Bertz CT molecular complexity index is 1770. The van der Waals surface area contributed by atoms with Crippen LogP contribution in [0.1, 0.15) is 36.9 Å². The fourth-order valence-electron chi connectivity index (χ4n) is 5.13. The summed E-state index contributed by atoms with van der Waals surface area (Å²) in [4.78, 5) is 36.0. The predicted molar refractivity (Wildman–Crippen MR) is 136 cm³/mol. The van der Waals surface area contributed by atoms with Gasteiger partial charge in [0.1, 0.15) is 11.4 Å². The van der Waals surface area contributed by atoms with Crippen molar-refractivity contribution in [3.8, 4) is 11.3 Å². The van der Waals surface area contributed by atoms with Crippen LogP contribution in [0.25, 0.3) is 22.2 Å². The lowest BCUT2D eigenvalue weighted by Gasteiger charge is -2.31. The van der Waals surface area contributed by atoms with Crippen molar-refractivity contribution in [2.75, 3.05) is 11.1 Å². The van der Waals surface area contributed by atoms with E-state index in [0.717, 1.165) is 24.5 Å². The van der Waals surface area contributed by atoms with Gasteiger partial charge in [0.25, 0.3) is 11.1 Å². The van der Waals surface area contributed by atoms with Crippen molar-refractivity contribution in [2.24, 2.45) is 5.92 Å². The largest absolute Gasteiger partial charge is 0.437 e. The number of anilines is 2. The molecule has 3 heterocycles. The number of nitrogens with zero attached hydrogens (tertiary/aromatic N) is 5. The molecule has 1 aliphatic carbocycles. The highest BCUT2D eigenvalue weighted by atomic mass is 19.4. The van der Waals surface area contributed by atoms with Gasteiger partial charge in [-0.1, -0.05) is 6.42 Å². The van der Waals surface area contributed by atoms with Crippen molar-refractivity contribution < 1.29 is 30.7 Å². The molecule has 2 atom stereocenters. The van der Waals surface area contributed by atoms with E-state index >= 15 is 4.39 Å². The summed E-state index contributed by atoms with van der Waals surface area (Å²) in [6.45, 7) is 0.143. The topological polar surface area (TPSA) is 144 Å². The maximum Gasteiger partial charge on any atom is 0.437 e. The maximum atomic E-state index is 15.0. The Kier molecular flexibility index (Phi) is 7.36. The van der Waals surface area contributed by atoms with Crippen LogP contribution in [0.2, 0.25) is 0 Å². The smallest absolute Gasteiger partial charge is 0.382 e. The SMILES string of the molecule is Nc1nc(-c2cc3ncn(C[C@@H]4CCC[C@H](Nc5cn[nH]c(=O)c5C(F)(F)F)C4)c(=O)c3cc2F)cnc1C(F)(F)F. The van der Waals surface area contributed by atoms with Gasteiger partial charge in [-0.2, -0.15) is 31.4 Å². The molecular weight excluding hydrogens is 577 g/mol. The number of H-pyrrole nitrogens is 1. The molecule has 0 amide bonds. The molecule has 42 heavy (non-hydrogen) atoms. The van der Waals surface area contributed by atoms with Crippen molar-refractivity contribution in [3.63, 3.8) is 0 Å². The van der Waals surface area contributed by atoms with Crippen molar-refractivity contribution in [1.29, 1.82) is 0 Å². The average molecular weight is 598 g/mol. The van der Waals surface area contributed by atoms with Crippen LogP contribution < -0.4 is 22.2 Å². The van der Waals surface area contributed by atoms with Crippen molar-refractivity contribution >= 4 is 22.4 Å². The minimum atomic E-state index is -4.89. The fraction of sp³-hybridized carbons (Fsp3) is 0.360. The van der Waals surface area contributed by atoms with Gasteiger partial charge in [0.2, 0.25) is 0 Å². The van der Waals surface area contributed by atoms with Crippen molar-refractivity contribution in [1.82, 2.24) is 29.7 Å². The van der Waals surface area contributed by atoms with Gasteiger partial charge in [0.05, 0.1) is 41.0 Å². The van der Waals surface area contributed by atoms with E-state index in [1.165, 1.54) is 10.9 Å². The number of hydrogen-bond acceptors (Lipinski definition) is 8. The van der Waals surface area contributed by atoms with E-state index in [1.54, 1.807) is 5.10 Å². The third kappa shape index (κ3) is 5.75. The second-order valence-electron chi connectivity index (χ2n) is 9.90. The number of nitrogen functional groups attached to an aromatic ring is 1. The summed E-state index contributed by atoms with van der Waals surface area (Å²) in [7, 11) is 0. The summed E-state index contributed by atoms with van der Waals surface area (Å²) < 4.78 is 95.4. The minimum Gasteiger partial charge on any atom is -0.382 e. The van der Waals surface area contributed by atoms with Gasteiger partial charge >= 0.3 is 12.4 Å². The molecular formula is C25H21F7N8O2. The zero-order chi connectivity index (χ0) is 30.4. The first-order valence-electron chi connectivity index (χ1n) is 12.5. The molecule has 1 fully saturated rings. The predicted octanol–water partition coefficient (Wildman–Crippen LogP) is 4.37. The Morgan fingerprint density at radius 1 is 1.05 bits per heavy atom. The number of halogens is 7. The molecule has 222 valence electrons. The van der Waals surface area contributed by atoms with Crippen LogP contribution in [-0.2, 0) is 18.9 Å². The number of benzene rings is 1. The van der Waals surface area contributed by atoms with Crippen LogP contribution in [0, 0.1) is 11.7 Å². The molecule has 0 spiro atoms. The summed E-state index contributed by atoms with van der Waals surface area (Å²) in [5.74, 6) is -2.05. The quantitative estimate of drug-likeness (QED) is 0.288. The normalized spacial score (nSPS) is 17.9. The van der Waals surface area contributed by atoms with Gasteiger partial charge < -0.3 is 11.1 Å². The number of nitrogens with one attached hydrogen (secondary N) is 2. The van der Waals surface area contributed by atoms with E-state index in [2.05, 4.69) is 25.4 Å². The lowest BCUT2D eigenvalue weighted by Crippen LogP contribution is -2.34. The fourth-order valence-corrected chi connectivity index (χ4v) is 5.13. The summed E-state index contributed by atoms with van der Waals surface area (Å²) in [5, 5.41) is 7.91. The van der Waals surface area contributed by atoms with Gasteiger partial charge in [-0.3, -0.25) is 14.2 Å². The number of alkyl halides is 6. The van der Waals surface area contributed by atoms with E-state index < -0.39 is 58.1 Å². The van der Waals surface area contributed by atoms with Gasteiger partial charge in [-0.05, 0) is 37.3 Å². The summed E-state index contributed by atoms with van der Waals surface area (Å²) in [6, 6.07) is 1.62. The van der Waals surface area contributed by atoms with Crippen molar-refractivity contribution in [2.45, 2.75) is 50.6 Å². The molecule has 0 radical (unpaired) electrons. The minimum absolute atomic E-state index is 0.0533. The third-order valence-electron chi connectivity index (χ3n) is 6.99. The Balaban J connectivity index is 1.37. The number of rotatable bonds is 5. The van der Waals surface area contributed by atoms with E-state index in [0.29, 0.717) is 25.7 Å². The molecule has 0 unspecified atom stereocenters. The van der Waals surface area contributed by atoms with E-state index in [-0.39, 0.29) is 34.6 Å². The number of aromatic amines is 1. The van der Waals surface area contributed by atoms with Crippen molar-refractivity contribution in [3.05, 3.63) is 68.6 Å². The highest BCUT2D eigenvalue weighted by Crippen LogP contribution is 2.35. The Morgan fingerprint density at radius 2 is 1.81 bits per heavy atom. The van der Waals surface area contributed by atoms with Gasteiger partial charge in [-0.25, -0.2) is 24.4 Å². The van der Waals surface area contributed by atoms with E-state index in [4.69, 9.17) is 5.73 Å². The number of hydrogen-bond donors (Lipinski definition) is 3. The molecule has 3 aromatic heterocycles. The second-order valence-corrected chi connectivity index (χ2v) is 9.90. The standard InChI is InChI=1S/C25H21F7N8O2/c26-15-5-14-16(6-13(15)17-7-34-20(21(33)38-17)25(30,31)32)35-10-40(23(14)42)9-11-2-1-3-12(4-11)37-18-8-36-39-22(41)19(18)24(27,28)29/h5-8,10-12H,1-4,9H2,(H2,33,38)(H2,37,39,41)/t11-,12+/m1/s1. The molecule has 5 rings (SSSR count). The molecule has 0 saturated heterocycles. The van der Waals surface area contributed by atoms with Crippen LogP contribution in [0.4, 0.5) is 42.2 Å². The number of nitrogens with two attached hydrogens (primary N) is 1. The molecule has 1 saturated carbocycles. The molecule has 1 aliphatic rings. The van der Waals surface area contributed by atoms with Gasteiger partial charge in [-0.15, -0.1) is 0 Å². The molecule has 0 aliphatic heterocycles. The molecule has 17 heteroatoms. The van der Waals surface area contributed by atoms with Crippen LogP contribution in [0.15, 0.2) is 40.4 Å². The lowest BCUT2D eigenvalue weighted by atomic mass is 9.85. The van der Waals surface area contributed by atoms with Crippen LogP contribution in [-0.4, -0.2) is 35.8 Å². The maximum absolute atomic E-state index is 15.0. The van der Waals surface area contributed by atoms with Gasteiger partial charge in [0, 0.05) is 18.2 Å². The number of aromatic nitrogens is 6. The lowest BCUT2D eigenvalue weighted by molar-refractivity contribution is -0.140. The molecule has 0 bridgehead atoms. The zero-order valence-corrected chi connectivity index (χ0v) is 21.4. The Hall–Kier alpha value is -4.57. The summed E-state index contributed by atoms with van der Waals surface area (Å²) >= 11 is 0. The first-order valence-corrected chi connectivity index (χ1v) is 12.5. The first kappa shape index (κ1) is 28.9. The van der Waals surface area contributed by atoms with Crippen LogP contribution in [0.3, 0.4) is 0 Å². The number of fused-ring (bicyclic) bond motifs is 1. The second kappa shape index (κ2) is 10.7. The van der Waals surface area contributed by atoms with Crippen LogP contribution >= 0.6 is 0 Å². The Morgan fingerprint density at radius 3 is 2.50 bits per heavy atom. The van der Waals surface area contributed by atoms with E-state index in [1.807, 2.05) is 0 Å². The molecule has 4 N–H and O–H groups in total. The van der Waals surface area contributed by atoms with Crippen LogP contribution in [0.5, 0.6) is 0 Å². The van der Waals surface area contributed by atoms with E-state index in [9.17, 15) is 35.9 Å². The van der Waals surface area contributed by atoms with Gasteiger partial charge in [0.15, 0.2) is 11.5 Å². The summed E-state index contributed by atoms with van der Waals surface area (Å²) in [6.07, 6.45) is -4.70. The first-order chi connectivity index (χ1) is 19.7. The molecule has 10 nitrogen and oxygen atoms in total. The summed E-state index contributed by atoms with van der Waals surface area (Å²) in [5.41, 5.74) is -0.290. The monoisotopic (exact) mass is 598 g/mol. The Labute approximate surface area is 230 Å².